The lowest BCUT2D eigenvalue weighted by Gasteiger charge is -2.30. The maximum Gasteiger partial charge on any atom is 0.416 e. The Labute approximate surface area is 181 Å². The van der Waals surface area contributed by atoms with Gasteiger partial charge in [-0.15, -0.1) is 0 Å². The second-order valence-corrected chi connectivity index (χ2v) is 7.59. The van der Waals surface area contributed by atoms with E-state index in [0.29, 0.717) is 41.8 Å². The SMILES string of the molecule is CN1C(=O)c2c(nn(Cc3ccc(C(F)(F)F)cc3)c2Nc2ccccc2)N2CCN=C12. The highest BCUT2D eigenvalue weighted by Gasteiger charge is 2.40. The minimum absolute atomic E-state index is 0.192. The Kier molecular flexibility index (Phi) is 4.65. The number of anilines is 3. The van der Waals surface area contributed by atoms with Crippen LogP contribution in [-0.2, 0) is 12.7 Å². The lowest BCUT2D eigenvalue weighted by Crippen LogP contribution is -2.48. The quantitative estimate of drug-likeness (QED) is 0.667. The zero-order chi connectivity index (χ0) is 22.5. The Balaban J connectivity index is 1.58. The van der Waals surface area contributed by atoms with Gasteiger partial charge in [0.1, 0.15) is 11.4 Å². The molecule has 2 aromatic carbocycles. The van der Waals surface area contributed by atoms with Crippen molar-refractivity contribution < 1.29 is 18.0 Å². The number of halogens is 3. The van der Waals surface area contributed by atoms with E-state index in [1.165, 1.54) is 17.0 Å². The molecule has 0 saturated heterocycles. The van der Waals surface area contributed by atoms with E-state index in [4.69, 9.17) is 0 Å². The summed E-state index contributed by atoms with van der Waals surface area (Å²) in [6.07, 6.45) is -4.40. The van der Waals surface area contributed by atoms with Gasteiger partial charge in [0.05, 0.1) is 18.7 Å². The van der Waals surface area contributed by atoms with E-state index in [1.807, 2.05) is 35.2 Å². The molecule has 0 bridgehead atoms. The summed E-state index contributed by atoms with van der Waals surface area (Å²) in [6.45, 7) is 1.35. The monoisotopic (exact) mass is 440 g/mol. The number of alkyl halides is 3. The summed E-state index contributed by atoms with van der Waals surface area (Å²) in [7, 11) is 1.67. The third kappa shape index (κ3) is 3.37. The van der Waals surface area contributed by atoms with Crippen LogP contribution in [0.5, 0.6) is 0 Å². The normalized spacial score (nSPS) is 15.5. The number of benzene rings is 2. The number of aliphatic imine (C=N–C) groups is 1. The maximum absolute atomic E-state index is 13.2. The van der Waals surface area contributed by atoms with Crippen molar-refractivity contribution in [3.8, 4) is 0 Å². The van der Waals surface area contributed by atoms with Crippen molar-refractivity contribution in [1.82, 2.24) is 14.7 Å². The predicted octanol–water partition coefficient (Wildman–Crippen LogP) is 3.96. The highest BCUT2D eigenvalue weighted by molar-refractivity contribution is 6.20. The number of carbonyl (C=O) groups excluding carboxylic acids is 1. The van der Waals surface area contributed by atoms with Crippen LogP contribution >= 0.6 is 0 Å². The summed E-state index contributed by atoms with van der Waals surface area (Å²) >= 11 is 0. The van der Waals surface area contributed by atoms with Gasteiger partial charge >= 0.3 is 6.18 Å². The summed E-state index contributed by atoms with van der Waals surface area (Å²) in [5.41, 5.74) is 1.09. The lowest BCUT2D eigenvalue weighted by molar-refractivity contribution is -0.137. The number of guanidine groups is 1. The van der Waals surface area contributed by atoms with E-state index < -0.39 is 11.7 Å². The summed E-state index contributed by atoms with van der Waals surface area (Å²) in [5, 5.41) is 7.94. The number of rotatable bonds is 4. The Morgan fingerprint density at radius 3 is 2.47 bits per heavy atom. The zero-order valence-corrected chi connectivity index (χ0v) is 17.1. The molecule has 0 spiro atoms. The average Bonchev–Trinajstić information content (AvgIpc) is 3.38. The van der Waals surface area contributed by atoms with Crippen LogP contribution in [0.1, 0.15) is 21.5 Å². The van der Waals surface area contributed by atoms with Crippen LogP contribution in [-0.4, -0.2) is 46.7 Å². The molecule has 2 aliphatic heterocycles. The van der Waals surface area contributed by atoms with E-state index in [-0.39, 0.29) is 12.5 Å². The number of amides is 1. The first-order valence-corrected chi connectivity index (χ1v) is 10.0. The summed E-state index contributed by atoms with van der Waals surface area (Å²) < 4.78 is 40.4. The average molecular weight is 440 g/mol. The summed E-state index contributed by atoms with van der Waals surface area (Å²) in [6, 6.07) is 14.3. The van der Waals surface area contributed by atoms with Crippen LogP contribution in [0.25, 0.3) is 0 Å². The van der Waals surface area contributed by atoms with Gasteiger partial charge in [0.2, 0.25) is 5.96 Å². The van der Waals surface area contributed by atoms with Gasteiger partial charge < -0.3 is 5.32 Å². The van der Waals surface area contributed by atoms with Gasteiger partial charge in [-0.2, -0.15) is 18.3 Å². The maximum atomic E-state index is 13.2. The molecule has 0 unspecified atom stereocenters. The minimum atomic E-state index is -4.40. The van der Waals surface area contributed by atoms with E-state index in [9.17, 15) is 18.0 Å². The highest BCUT2D eigenvalue weighted by Crippen LogP contribution is 2.36. The molecule has 7 nitrogen and oxygen atoms in total. The molecule has 0 saturated carbocycles. The molecule has 0 fully saturated rings. The third-order valence-electron chi connectivity index (χ3n) is 5.48. The van der Waals surface area contributed by atoms with Gasteiger partial charge in [-0.1, -0.05) is 30.3 Å². The van der Waals surface area contributed by atoms with Crippen LogP contribution in [0.3, 0.4) is 0 Å². The number of nitrogens with one attached hydrogen (secondary N) is 1. The minimum Gasteiger partial charge on any atom is -0.340 e. The molecule has 1 amide bonds. The fourth-order valence-corrected chi connectivity index (χ4v) is 3.89. The van der Waals surface area contributed by atoms with Crippen LogP contribution in [0.4, 0.5) is 30.5 Å². The Bertz CT molecular complexity index is 1200. The topological polar surface area (TPSA) is 65.8 Å². The van der Waals surface area contributed by atoms with Crippen molar-refractivity contribution >= 4 is 29.2 Å². The summed E-state index contributed by atoms with van der Waals surface area (Å²) in [5.74, 6) is 1.28. The van der Waals surface area contributed by atoms with Crippen molar-refractivity contribution in [2.45, 2.75) is 12.7 Å². The summed E-state index contributed by atoms with van der Waals surface area (Å²) in [4.78, 5) is 21.0. The third-order valence-corrected chi connectivity index (χ3v) is 5.48. The van der Waals surface area contributed by atoms with Gasteiger partial charge in [-0.25, -0.2) is 4.68 Å². The molecular formula is C22H19F3N6O. The Hall–Kier alpha value is -3.82. The molecule has 5 rings (SSSR count). The van der Waals surface area contributed by atoms with Crippen LogP contribution in [0.2, 0.25) is 0 Å². The molecule has 0 atom stereocenters. The van der Waals surface area contributed by atoms with E-state index in [2.05, 4.69) is 15.4 Å². The molecule has 0 aliphatic carbocycles. The number of fused-ring (bicyclic) bond motifs is 3. The molecule has 1 aromatic heterocycles. The van der Waals surface area contributed by atoms with Crippen molar-refractivity contribution in [3.05, 3.63) is 71.3 Å². The van der Waals surface area contributed by atoms with Gasteiger partial charge in [0.25, 0.3) is 5.91 Å². The van der Waals surface area contributed by atoms with Crippen LogP contribution in [0, 0.1) is 0 Å². The van der Waals surface area contributed by atoms with Crippen LogP contribution < -0.4 is 10.2 Å². The number of hydrogen-bond donors (Lipinski definition) is 1. The molecule has 10 heteroatoms. The molecule has 164 valence electrons. The second-order valence-electron chi connectivity index (χ2n) is 7.59. The molecule has 3 aromatic rings. The first-order chi connectivity index (χ1) is 15.3. The van der Waals surface area contributed by atoms with E-state index in [1.54, 1.807) is 11.7 Å². The zero-order valence-electron chi connectivity index (χ0n) is 17.1. The fraction of sp³-hybridized carbons (Fsp3) is 0.227. The van der Waals surface area contributed by atoms with Crippen molar-refractivity contribution in [2.75, 3.05) is 30.4 Å². The number of aromatic nitrogens is 2. The van der Waals surface area contributed by atoms with Crippen molar-refractivity contribution in [1.29, 1.82) is 0 Å². The lowest BCUT2D eigenvalue weighted by atomic mass is 10.1. The Morgan fingerprint density at radius 1 is 1.06 bits per heavy atom. The smallest absolute Gasteiger partial charge is 0.340 e. The van der Waals surface area contributed by atoms with Crippen LogP contribution in [0.15, 0.2) is 59.6 Å². The molecule has 2 aliphatic rings. The van der Waals surface area contributed by atoms with Gasteiger partial charge in [-0.05, 0) is 29.8 Å². The van der Waals surface area contributed by atoms with Gasteiger partial charge in [0.15, 0.2) is 5.82 Å². The Morgan fingerprint density at radius 2 is 1.78 bits per heavy atom. The van der Waals surface area contributed by atoms with Gasteiger partial charge in [0, 0.05) is 19.3 Å². The first kappa shape index (κ1) is 20.1. The van der Waals surface area contributed by atoms with E-state index in [0.717, 1.165) is 17.8 Å². The highest BCUT2D eigenvalue weighted by atomic mass is 19.4. The van der Waals surface area contributed by atoms with Gasteiger partial charge in [-0.3, -0.25) is 19.6 Å². The number of para-hydroxylation sites is 1. The second kappa shape index (κ2) is 7.40. The molecule has 0 radical (unpaired) electrons. The molecule has 32 heavy (non-hydrogen) atoms. The molecule has 1 N–H and O–H groups in total. The number of nitrogens with zero attached hydrogens (tertiary/aromatic N) is 5. The standard InChI is InChI=1S/C22H19F3N6O/c1-29-20(32)17-18(27-16-5-3-2-4-6-16)31(28-19(17)30-12-11-26-21(29)30)13-14-7-9-15(10-8-14)22(23,24)25/h2-10,27H,11-13H2,1H3. The molecular weight excluding hydrogens is 421 g/mol. The number of carbonyl (C=O) groups is 1. The van der Waals surface area contributed by atoms with Crippen molar-refractivity contribution in [2.24, 2.45) is 4.99 Å². The largest absolute Gasteiger partial charge is 0.416 e. The van der Waals surface area contributed by atoms with Crippen molar-refractivity contribution in [3.63, 3.8) is 0 Å². The molecule has 3 heterocycles. The van der Waals surface area contributed by atoms with E-state index >= 15 is 0 Å². The first-order valence-electron chi connectivity index (χ1n) is 10.0. The fourth-order valence-electron chi connectivity index (χ4n) is 3.89. The predicted molar refractivity (Wildman–Crippen MR) is 114 cm³/mol. The number of hydrogen-bond acceptors (Lipinski definition) is 5.